The zero-order chi connectivity index (χ0) is 14.7. The van der Waals surface area contributed by atoms with Crippen molar-refractivity contribution in [3.05, 3.63) is 0 Å². The lowest BCUT2D eigenvalue weighted by Gasteiger charge is -2.37. The minimum absolute atomic E-state index is 0. The van der Waals surface area contributed by atoms with Gasteiger partial charge in [0.05, 0.1) is 0 Å². The molecule has 2 atom stereocenters. The first-order valence-corrected chi connectivity index (χ1v) is 8.99. The molecule has 3 fully saturated rings. The van der Waals surface area contributed by atoms with Crippen LogP contribution in [0, 0.1) is 11.8 Å². The normalized spacial score (nSPS) is 29.7. The molecule has 2 aliphatic heterocycles. The van der Waals surface area contributed by atoms with Crippen LogP contribution in [0.15, 0.2) is 0 Å². The van der Waals surface area contributed by atoms with Gasteiger partial charge < -0.3 is 15.5 Å². The third-order valence-electron chi connectivity index (χ3n) is 5.71. The number of likely N-dealkylation sites (tertiary alicyclic amines) is 2. The lowest BCUT2D eigenvalue weighted by Crippen LogP contribution is -2.45. The van der Waals surface area contributed by atoms with E-state index < -0.39 is 0 Å². The van der Waals surface area contributed by atoms with Crippen LogP contribution in [0.1, 0.15) is 51.4 Å². The van der Waals surface area contributed by atoms with Crippen molar-refractivity contribution in [3.8, 4) is 0 Å². The average Bonchev–Trinajstić information content (AvgIpc) is 3.00. The van der Waals surface area contributed by atoms with Crippen molar-refractivity contribution < 1.29 is 4.79 Å². The summed E-state index contributed by atoms with van der Waals surface area (Å²) in [6, 6.07) is 0.250. The minimum atomic E-state index is 0. The Hall–Kier alpha value is -0.0300. The van der Waals surface area contributed by atoms with E-state index in [1.54, 1.807) is 0 Å². The van der Waals surface area contributed by atoms with Gasteiger partial charge in [-0.25, -0.2) is 0 Å². The fourth-order valence-corrected chi connectivity index (χ4v) is 4.38. The maximum atomic E-state index is 12.6. The molecule has 0 aromatic rings. The predicted octanol–water partition coefficient (Wildman–Crippen LogP) is 2.68. The molecule has 6 heteroatoms. The van der Waals surface area contributed by atoms with E-state index in [9.17, 15) is 4.79 Å². The molecule has 0 radical (unpaired) electrons. The molecule has 2 heterocycles. The second-order valence-electron chi connectivity index (χ2n) is 7.40. The largest absolute Gasteiger partial charge is 0.342 e. The summed E-state index contributed by atoms with van der Waals surface area (Å²) in [6.07, 6.45) is 9.33. The fourth-order valence-electron chi connectivity index (χ4n) is 4.38. The van der Waals surface area contributed by atoms with Crippen molar-refractivity contribution in [2.24, 2.45) is 17.6 Å². The number of amides is 1. The molecule has 1 saturated carbocycles. The number of nitrogens with two attached hydrogens (primary N) is 1. The van der Waals surface area contributed by atoms with Crippen molar-refractivity contribution in [3.63, 3.8) is 0 Å². The number of hydrogen-bond donors (Lipinski definition) is 1. The smallest absolute Gasteiger partial charge is 0.225 e. The van der Waals surface area contributed by atoms with Crippen LogP contribution >= 0.6 is 24.8 Å². The first-order chi connectivity index (χ1) is 10.2. The Morgan fingerprint density at radius 3 is 2.17 bits per heavy atom. The van der Waals surface area contributed by atoms with Crippen LogP contribution in [0.4, 0.5) is 0 Å². The minimum Gasteiger partial charge on any atom is -0.342 e. The van der Waals surface area contributed by atoms with Crippen molar-refractivity contribution >= 4 is 30.7 Å². The molecule has 23 heavy (non-hydrogen) atoms. The van der Waals surface area contributed by atoms with Crippen LogP contribution in [0.2, 0.25) is 0 Å². The van der Waals surface area contributed by atoms with Gasteiger partial charge >= 0.3 is 0 Å². The van der Waals surface area contributed by atoms with Gasteiger partial charge in [0, 0.05) is 31.6 Å². The predicted molar refractivity (Wildman–Crippen MR) is 99.4 cm³/mol. The van der Waals surface area contributed by atoms with Gasteiger partial charge in [0.1, 0.15) is 0 Å². The molecule has 0 aromatic carbocycles. The van der Waals surface area contributed by atoms with Gasteiger partial charge in [-0.05, 0) is 64.0 Å². The van der Waals surface area contributed by atoms with E-state index in [0.29, 0.717) is 5.91 Å². The van der Waals surface area contributed by atoms with Gasteiger partial charge in [-0.15, -0.1) is 24.8 Å². The molecule has 3 rings (SSSR count). The number of halogens is 2. The molecule has 2 unspecified atom stereocenters. The Morgan fingerprint density at radius 1 is 0.913 bits per heavy atom. The molecular formula is C17H33Cl2N3O. The van der Waals surface area contributed by atoms with Gasteiger partial charge in [0.15, 0.2) is 0 Å². The van der Waals surface area contributed by atoms with E-state index in [1.165, 1.54) is 45.3 Å². The maximum Gasteiger partial charge on any atom is 0.225 e. The molecule has 0 bridgehead atoms. The van der Waals surface area contributed by atoms with E-state index in [1.807, 2.05) is 0 Å². The number of piperidine rings is 1. The number of nitrogens with zero attached hydrogens (tertiary/aromatic N) is 2. The van der Waals surface area contributed by atoms with Crippen LogP contribution in [-0.2, 0) is 4.79 Å². The SMILES string of the molecule is Cl.Cl.NC1CCCC(C(=O)N2CCC(CN3CCCC3)CC2)C1. The number of hydrogen-bond acceptors (Lipinski definition) is 3. The highest BCUT2D eigenvalue weighted by Gasteiger charge is 2.31. The summed E-state index contributed by atoms with van der Waals surface area (Å²) >= 11 is 0. The van der Waals surface area contributed by atoms with Crippen LogP contribution < -0.4 is 5.73 Å². The Bertz CT molecular complexity index is 356. The quantitative estimate of drug-likeness (QED) is 0.836. The Balaban J connectivity index is 0.00000132. The summed E-state index contributed by atoms with van der Waals surface area (Å²) in [5.41, 5.74) is 6.03. The van der Waals surface area contributed by atoms with E-state index in [2.05, 4.69) is 9.80 Å². The highest BCUT2D eigenvalue weighted by Crippen LogP contribution is 2.27. The molecule has 0 aromatic heterocycles. The molecule has 1 aliphatic carbocycles. The maximum absolute atomic E-state index is 12.6. The van der Waals surface area contributed by atoms with Crippen LogP contribution in [0.5, 0.6) is 0 Å². The topological polar surface area (TPSA) is 49.6 Å². The Kier molecular flexibility index (Phi) is 9.20. The Morgan fingerprint density at radius 2 is 1.57 bits per heavy atom. The molecule has 1 amide bonds. The van der Waals surface area contributed by atoms with Gasteiger partial charge in [-0.2, -0.15) is 0 Å². The molecular weight excluding hydrogens is 333 g/mol. The van der Waals surface area contributed by atoms with E-state index in [4.69, 9.17) is 5.73 Å². The number of carbonyl (C=O) groups excluding carboxylic acids is 1. The molecule has 4 nitrogen and oxygen atoms in total. The highest BCUT2D eigenvalue weighted by molar-refractivity contribution is 5.85. The molecule has 136 valence electrons. The Labute approximate surface area is 153 Å². The number of carbonyl (C=O) groups is 1. The second-order valence-corrected chi connectivity index (χ2v) is 7.40. The summed E-state index contributed by atoms with van der Waals surface area (Å²) in [4.78, 5) is 17.4. The van der Waals surface area contributed by atoms with Crippen LogP contribution in [0.25, 0.3) is 0 Å². The van der Waals surface area contributed by atoms with Gasteiger partial charge in [0.25, 0.3) is 0 Å². The number of rotatable bonds is 3. The second kappa shape index (κ2) is 10.1. The lowest BCUT2D eigenvalue weighted by atomic mass is 9.84. The summed E-state index contributed by atoms with van der Waals surface area (Å²) in [5, 5.41) is 0. The fraction of sp³-hybridized carbons (Fsp3) is 0.941. The van der Waals surface area contributed by atoms with Crippen LogP contribution in [0.3, 0.4) is 0 Å². The molecule has 0 spiro atoms. The standard InChI is InChI=1S/C17H31N3O.2ClH/c18-16-5-3-4-15(12-16)17(21)20-10-6-14(7-11-20)13-19-8-1-2-9-19;;/h14-16H,1-13,18H2;2*1H. The third kappa shape index (κ3) is 5.77. The lowest BCUT2D eigenvalue weighted by molar-refractivity contribution is -0.138. The van der Waals surface area contributed by atoms with Gasteiger partial charge in [-0.3, -0.25) is 4.79 Å². The monoisotopic (exact) mass is 365 g/mol. The van der Waals surface area contributed by atoms with Gasteiger partial charge in [-0.1, -0.05) is 6.42 Å². The first kappa shape index (κ1) is 21.0. The molecule has 3 aliphatic rings. The third-order valence-corrected chi connectivity index (χ3v) is 5.71. The van der Waals surface area contributed by atoms with Crippen LogP contribution in [-0.4, -0.2) is 54.5 Å². The first-order valence-electron chi connectivity index (χ1n) is 8.99. The molecule has 2 saturated heterocycles. The average molecular weight is 366 g/mol. The van der Waals surface area contributed by atoms with Crippen molar-refractivity contribution in [1.82, 2.24) is 9.80 Å². The summed E-state index contributed by atoms with van der Waals surface area (Å²) in [6.45, 7) is 5.79. The molecule has 2 N–H and O–H groups in total. The van der Waals surface area contributed by atoms with E-state index in [-0.39, 0.29) is 36.8 Å². The zero-order valence-electron chi connectivity index (χ0n) is 14.1. The summed E-state index contributed by atoms with van der Waals surface area (Å²) in [5.74, 6) is 1.41. The summed E-state index contributed by atoms with van der Waals surface area (Å²) in [7, 11) is 0. The van der Waals surface area contributed by atoms with E-state index in [0.717, 1.165) is 44.7 Å². The zero-order valence-corrected chi connectivity index (χ0v) is 15.8. The van der Waals surface area contributed by atoms with Gasteiger partial charge in [0.2, 0.25) is 5.91 Å². The summed E-state index contributed by atoms with van der Waals surface area (Å²) < 4.78 is 0. The highest BCUT2D eigenvalue weighted by atomic mass is 35.5. The van der Waals surface area contributed by atoms with E-state index >= 15 is 0 Å². The van der Waals surface area contributed by atoms with Crippen molar-refractivity contribution in [2.45, 2.75) is 57.4 Å². The van der Waals surface area contributed by atoms with Crippen molar-refractivity contribution in [1.29, 1.82) is 0 Å². The van der Waals surface area contributed by atoms with Crippen molar-refractivity contribution in [2.75, 3.05) is 32.7 Å².